The zero-order valence-corrected chi connectivity index (χ0v) is 30.2. The van der Waals surface area contributed by atoms with Crippen molar-refractivity contribution in [2.45, 2.75) is 57.9 Å². The number of hydrogen-bond donors (Lipinski definition) is 4. The summed E-state index contributed by atoms with van der Waals surface area (Å²) in [4.78, 5) is 15.3. The molecule has 0 radical (unpaired) electrons. The first-order valence-electron chi connectivity index (χ1n) is 17.4. The van der Waals surface area contributed by atoms with Crippen molar-refractivity contribution in [3.05, 3.63) is 130 Å². The van der Waals surface area contributed by atoms with Gasteiger partial charge < -0.3 is 20.8 Å². The van der Waals surface area contributed by atoms with E-state index in [1.807, 2.05) is 67.8 Å². The highest BCUT2D eigenvalue weighted by atomic mass is 16.5. The lowest BCUT2D eigenvalue weighted by atomic mass is 9.89. The number of aliphatic imine (C=N–C) groups is 1. The van der Waals surface area contributed by atoms with E-state index in [-0.39, 0.29) is 5.91 Å². The Bertz CT molecular complexity index is 2160. The maximum absolute atomic E-state index is 11.0. The number of rotatable bonds is 4. The molecule has 0 bridgehead atoms. The first-order valence-corrected chi connectivity index (χ1v) is 17.4. The Labute approximate surface area is 309 Å². The lowest BCUT2D eigenvalue weighted by molar-refractivity contribution is 0.0953. The second kappa shape index (κ2) is 17.6. The maximum atomic E-state index is 11.0. The fourth-order valence-electron chi connectivity index (χ4n) is 6.29. The summed E-state index contributed by atoms with van der Waals surface area (Å²) < 4.78 is 7.38. The Morgan fingerprint density at radius 1 is 0.811 bits per heavy atom. The number of nitrogens with one attached hydrogen (secondary N) is 1. The van der Waals surface area contributed by atoms with Crippen LogP contribution in [-0.4, -0.2) is 40.2 Å². The minimum Gasteiger partial charge on any atom is -0.484 e. The molecule has 0 fully saturated rings. The molecule has 0 aliphatic carbocycles. The summed E-state index contributed by atoms with van der Waals surface area (Å²) >= 11 is 0. The molecule has 0 spiro atoms. The van der Waals surface area contributed by atoms with Crippen LogP contribution in [0.15, 0.2) is 89.9 Å². The number of hydrogen-bond acceptors (Lipinski definition) is 10. The van der Waals surface area contributed by atoms with Crippen LogP contribution in [-0.2, 0) is 17.7 Å². The third kappa shape index (κ3) is 9.44. The normalized spacial score (nSPS) is 15.8. The van der Waals surface area contributed by atoms with Crippen LogP contribution in [0.4, 0.5) is 11.4 Å². The highest BCUT2D eigenvalue weighted by Crippen LogP contribution is 2.32. The largest absolute Gasteiger partial charge is 0.484 e. The standard InChI is InChI=1S/C20H19N5.C13H14N2O.C8H11N3O/c1-13-2-5-17(10-18(13)22)20-24-23-19-11-16(8-9-25(19)20)15-6-3-14(12-21)4-7-15;1-16-13-8-12(6-7-15-13)11-4-2-10(9-14)3-5-11;1-5-2-3-6(4-7(5)9)8(12)11-10/h2-7,10,16H,8-9,11,22H2,1H3;2-5,12H,6-8H2,1H3;2-4H,9-10H2,1H3,(H,11,12). The first kappa shape index (κ1) is 37.7. The summed E-state index contributed by atoms with van der Waals surface area (Å²) in [5.41, 5.74) is 22.5. The molecular weight excluding hydrogens is 665 g/mol. The number of nitrogens with zero attached hydrogens (tertiary/aromatic N) is 6. The maximum Gasteiger partial charge on any atom is 0.265 e. The van der Waals surface area contributed by atoms with Crippen molar-refractivity contribution in [3.63, 3.8) is 0 Å². The number of anilines is 2. The van der Waals surface area contributed by atoms with Crippen LogP contribution in [0.1, 0.15) is 80.7 Å². The number of nitrogens with two attached hydrogens (primary N) is 3. The molecule has 7 N–H and O–H groups in total. The van der Waals surface area contributed by atoms with Gasteiger partial charge >= 0.3 is 0 Å². The van der Waals surface area contributed by atoms with E-state index >= 15 is 0 Å². The van der Waals surface area contributed by atoms with E-state index in [9.17, 15) is 4.79 Å². The minimum atomic E-state index is -0.332. The molecule has 5 aromatic rings. The summed E-state index contributed by atoms with van der Waals surface area (Å²) in [7, 11) is 1.67. The zero-order chi connectivity index (χ0) is 37.9. The van der Waals surface area contributed by atoms with E-state index in [1.54, 1.807) is 25.3 Å². The van der Waals surface area contributed by atoms with Gasteiger partial charge in [0.1, 0.15) is 5.82 Å². The van der Waals surface area contributed by atoms with Gasteiger partial charge in [-0.1, -0.05) is 42.5 Å². The lowest BCUT2D eigenvalue weighted by Gasteiger charge is -2.24. The molecule has 2 unspecified atom stereocenters. The van der Waals surface area contributed by atoms with E-state index in [4.69, 9.17) is 32.6 Å². The second-order valence-electron chi connectivity index (χ2n) is 13.0. The van der Waals surface area contributed by atoms with Crippen LogP contribution < -0.4 is 22.7 Å². The van der Waals surface area contributed by atoms with Crippen molar-refractivity contribution < 1.29 is 9.53 Å². The Balaban J connectivity index is 0.000000166. The summed E-state index contributed by atoms with van der Waals surface area (Å²) in [6.07, 6.45) is 3.81. The Morgan fingerprint density at radius 3 is 1.94 bits per heavy atom. The predicted molar refractivity (Wildman–Crippen MR) is 207 cm³/mol. The van der Waals surface area contributed by atoms with Crippen LogP contribution in [0.2, 0.25) is 0 Å². The molecule has 3 heterocycles. The van der Waals surface area contributed by atoms with Gasteiger partial charge in [0.2, 0.25) is 0 Å². The third-order valence-corrected chi connectivity index (χ3v) is 9.61. The smallest absolute Gasteiger partial charge is 0.265 e. The van der Waals surface area contributed by atoms with Gasteiger partial charge in [0.15, 0.2) is 11.7 Å². The van der Waals surface area contributed by atoms with E-state index in [0.717, 1.165) is 78.7 Å². The molecule has 7 rings (SSSR count). The summed E-state index contributed by atoms with van der Waals surface area (Å²) in [5.74, 6) is 8.24. The number of carbonyl (C=O) groups is 1. The highest BCUT2D eigenvalue weighted by Gasteiger charge is 2.25. The molecule has 2 aliphatic heterocycles. The van der Waals surface area contributed by atoms with E-state index in [1.165, 1.54) is 11.1 Å². The third-order valence-electron chi connectivity index (χ3n) is 9.61. The second-order valence-corrected chi connectivity index (χ2v) is 13.0. The molecule has 0 saturated heterocycles. The molecule has 1 aromatic heterocycles. The van der Waals surface area contributed by atoms with Crippen LogP contribution in [0.3, 0.4) is 0 Å². The number of amides is 1. The lowest BCUT2D eigenvalue weighted by Crippen LogP contribution is -2.30. The number of aryl methyl sites for hydroxylation is 2. The van der Waals surface area contributed by atoms with Crippen molar-refractivity contribution in [1.29, 1.82) is 10.5 Å². The van der Waals surface area contributed by atoms with E-state index < -0.39 is 0 Å². The van der Waals surface area contributed by atoms with Crippen molar-refractivity contribution in [3.8, 4) is 23.5 Å². The van der Waals surface area contributed by atoms with Crippen LogP contribution in [0, 0.1) is 36.5 Å². The average molecular weight is 709 g/mol. The number of methoxy groups -OCH3 is 1. The number of nitriles is 2. The molecule has 1 amide bonds. The molecule has 4 aromatic carbocycles. The van der Waals surface area contributed by atoms with Crippen LogP contribution >= 0.6 is 0 Å². The molecular formula is C41H44N10O2. The molecule has 12 heteroatoms. The molecule has 270 valence electrons. The highest BCUT2D eigenvalue weighted by molar-refractivity contribution is 5.94. The van der Waals surface area contributed by atoms with Crippen molar-refractivity contribution >= 4 is 23.2 Å². The van der Waals surface area contributed by atoms with Crippen molar-refractivity contribution in [1.82, 2.24) is 20.2 Å². The summed E-state index contributed by atoms with van der Waals surface area (Å²) in [6, 6.07) is 31.1. The van der Waals surface area contributed by atoms with E-state index in [2.05, 4.69) is 50.1 Å². The first-order chi connectivity index (χ1) is 25.6. The van der Waals surface area contributed by atoms with Crippen molar-refractivity contribution in [2.75, 3.05) is 25.1 Å². The molecule has 12 nitrogen and oxygen atoms in total. The van der Waals surface area contributed by atoms with Crippen LogP contribution in [0.5, 0.6) is 0 Å². The zero-order valence-electron chi connectivity index (χ0n) is 30.2. The van der Waals surface area contributed by atoms with Gasteiger partial charge in [0.25, 0.3) is 5.91 Å². The topological polar surface area (TPSA) is 207 Å². The Hall–Kier alpha value is -6.50. The average Bonchev–Trinajstić information content (AvgIpc) is 3.64. The summed E-state index contributed by atoms with van der Waals surface area (Å²) in [5, 5.41) is 26.5. The van der Waals surface area contributed by atoms with Gasteiger partial charge in [0, 0.05) is 48.4 Å². The van der Waals surface area contributed by atoms with Gasteiger partial charge in [-0.15, -0.1) is 10.2 Å². The number of hydrazine groups is 1. The Kier molecular flexibility index (Phi) is 12.6. The number of aromatic nitrogens is 3. The quantitative estimate of drug-likeness (QED) is 0.0735. The minimum absolute atomic E-state index is 0.332. The fraction of sp³-hybridized carbons (Fsp3) is 0.268. The van der Waals surface area contributed by atoms with Gasteiger partial charge in [0.05, 0.1) is 30.4 Å². The van der Waals surface area contributed by atoms with Gasteiger partial charge in [-0.3, -0.25) is 15.2 Å². The SMILES string of the molecule is COC1=NCCC(c2ccc(C#N)cc2)C1.Cc1ccc(-c2nnc3n2CCC(c2ccc(C#N)cc2)C3)cc1N.Cc1ccc(C(=O)NN)cc1N. The number of ether oxygens (including phenoxy) is 1. The molecule has 2 aliphatic rings. The summed E-state index contributed by atoms with van der Waals surface area (Å²) in [6.45, 7) is 5.59. The Morgan fingerprint density at radius 2 is 1.40 bits per heavy atom. The number of fused-ring (bicyclic) bond motifs is 1. The van der Waals surface area contributed by atoms with Gasteiger partial charge in [-0.2, -0.15) is 10.5 Å². The van der Waals surface area contributed by atoms with Crippen LogP contribution in [0.25, 0.3) is 11.4 Å². The number of carbonyl (C=O) groups excluding carboxylic acids is 1. The monoisotopic (exact) mass is 708 g/mol. The van der Waals surface area contributed by atoms with E-state index in [0.29, 0.717) is 34.2 Å². The number of benzene rings is 4. The van der Waals surface area contributed by atoms with Crippen molar-refractivity contribution in [2.24, 2.45) is 10.8 Å². The van der Waals surface area contributed by atoms with Gasteiger partial charge in [-0.05, 0) is 103 Å². The number of nitrogen functional groups attached to an aromatic ring is 3. The fourth-order valence-corrected chi connectivity index (χ4v) is 6.29. The van der Waals surface area contributed by atoms with Gasteiger partial charge in [-0.25, -0.2) is 5.84 Å². The molecule has 0 saturated carbocycles. The predicted octanol–water partition coefficient (Wildman–Crippen LogP) is 6.10. The molecule has 2 atom stereocenters. The molecule has 53 heavy (non-hydrogen) atoms.